The van der Waals surface area contributed by atoms with Crippen LogP contribution in [0.5, 0.6) is 5.75 Å². The van der Waals surface area contributed by atoms with Crippen LogP contribution in [0.25, 0.3) is 0 Å². The molecule has 1 aromatic rings. The third-order valence-electron chi connectivity index (χ3n) is 1.53. The smallest absolute Gasteiger partial charge is 0.276 e. The van der Waals surface area contributed by atoms with Crippen LogP contribution in [-0.4, -0.2) is 14.8 Å². The Morgan fingerprint density at radius 3 is 2.00 bits per heavy atom. The van der Waals surface area contributed by atoms with Crippen LogP contribution in [-0.2, 0) is 4.79 Å². The second kappa shape index (κ2) is 5.07. The van der Waals surface area contributed by atoms with Gasteiger partial charge >= 0.3 is 0 Å². The summed E-state index contributed by atoms with van der Waals surface area (Å²) in [6.45, 7) is 0. The van der Waals surface area contributed by atoms with E-state index in [4.69, 9.17) is 58.0 Å². The third kappa shape index (κ3) is 3.47. The van der Waals surface area contributed by atoms with Crippen LogP contribution < -0.4 is 5.32 Å². The number of hydrogen-bond donors (Lipinski definition) is 2. The van der Waals surface area contributed by atoms with E-state index in [1.165, 1.54) is 12.1 Å². The van der Waals surface area contributed by atoms with Gasteiger partial charge in [0.05, 0.1) is 10.0 Å². The molecule has 1 rings (SSSR count). The molecule has 3 nitrogen and oxygen atoms in total. The summed E-state index contributed by atoms with van der Waals surface area (Å²) in [5.41, 5.74) is 0.212. The van der Waals surface area contributed by atoms with Crippen molar-refractivity contribution in [3.05, 3.63) is 22.2 Å². The first-order chi connectivity index (χ1) is 7.21. The number of phenols is 1. The number of aromatic hydroxyl groups is 1. The highest BCUT2D eigenvalue weighted by Crippen LogP contribution is 2.35. The molecule has 88 valence electrons. The van der Waals surface area contributed by atoms with Crippen molar-refractivity contribution in [2.24, 2.45) is 0 Å². The van der Waals surface area contributed by atoms with Crippen molar-refractivity contribution < 1.29 is 9.90 Å². The van der Waals surface area contributed by atoms with Crippen molar-refractivity contribution in [2.75, 3.05) is 5.32 Å². The first-order valence-electron chi connectivity index (χ1n) is 3.78. The molecule has 0 bridgehead atoms. The summed E-state index contributed by atoms with van der Waals surface area (Å²) >= 11 is 27.3. The standard InChI is InChI=1S/C8H4Cl5NO2/c9-4-1-3(2-5(10)6(4)15)14-7(16)8(11,12)13/h1-2,15H,(H,14,16). The number of alkyl halides is 3. The zero-order valence-electron chi connectivity index (χ0n) is 7.40. The molecule has 0 heterocycles. The van der Waals surface area contributed by atoms with E-state index < -0.39 is 9.70 Å². The molecule has 0 aromatic heterocycles. The molecule has 1 amide bonds. The molecule has 0 aliphatic rings. The van der Waals surface area contributed by atoms with E-state index >= 15 is 0 Å². The van der Waals surface area contributed by atoms with Gasteiger partial charge in [-0.25, -0.2) is 0 Å². The number of amides is 1. The summed E-state index contributed by atoms with van der Waals surface area (Å²) in [4.78, 5) is 11.3. The Bertz CT molecular complexity index is 406. The van der Waals surface area contributed by atoms with Crippen molar-refractivity contribution in [1.29, 1.82) is 0 Å². The summed E-state index contributed by atoms with van der Waals surface area (Å²) in [7, 11) is 0. The number of carbonyl (C=O) groups is 1. The average molecular weight is 323 g/mol. The van der Waals surface area contributed by atoms with Crippen LogP contribution in [0.15, 0.2) is 12.1 Å². The second-order valence-electron chi connectivity index (χ2n) is 2.74. The van der Waals surface area contributed by atoms with Crippen molar-refractivity contribution in [3.8, 4) is 5.75 Å². The van der Waals surface area contributed by atoms with E-state index in [1.54, 1.807) is 0 Å². The van der Waals surface area contributed by atoms with Gasteiger partial charge in [-0.1, -0.05) is 58.0 Å². The van der Waals surface area contributed by atoms with Gasteiger partial charge < -0.3 is 10.4 Å². The van der Waals surface area contributed by atoms with Crippen LogP contribution in [0.2, 0.25) is 10.0 Å². The SMILES string of the molecule is O=C(Nc1cc(Cl)c(O)c(Cl)c1)C(Cl)(Cl)Cl. The zero-order chi connectivity index (χ0) is 12.5. The normalized spacial score (nSPS) is 11.3. The summed E-state index contributed by atoms with van der Waals surface area (Å²) in [6.07, 6.45) is 0. The van der Waals surface area contributed by atoms with E-state index in [9.17, 15) is 9.90 Å². The second-order valence-corrected chi connectivity index (χ2v) is 5.84. The molecule has 0 radical (unpaired) electrons. The number of hydrogen-bond acceptors (Lipinski definition) is 2. The van der Waals surface area contributed by atoms with Crippen molar-refractivity contribution in [3.63, 3.8) is 0 Å². The first kappa shape index (κ1) is 14.0. The lowest BCUT2D eigenvalue weighted by Gasteiger charge is -2.12. The van der Waals surface area contributed by atoms with E-state index in [1.807, 2.05) is 0 Å². The van der Waals surface area contributed by atoms with Gasteiger partial charge in [0, 0.05) is 5.69 Å². The van der Waals surface area contributed by atoms with Gasteiger partial charge in [0.2, 0.25) is 0 Å². The summed E-state index contributed by atoms with van der Waals surface area (Å²) in [5, 5.41) is 11.5. The minimum atomic E-state index is -2.09. The van der Waals surface area contributed by atoms with Crippen LogP contribution in [0, 0.1) is 0 Å². The third-order valence-corrected chi connectivity index (χ3v) is 2.62. The largest absolute Gasteiger partial charge is 0.505 e. The molecule has 0 fully saturated rings. The molecule has 0 atom stereocenters. The molecule has 0 aliphatic heterocycles. The van der Waals surface area contributed by atoms with Gasteiger partial charge in [-0.05, 0) is 12.1 Å². The van der Waals surface area contributed by atoms with Gasteiger partial charge in [-0.2, -0.15) is 0 Å². The molecule has 8 heteroatoms. The van der Waals surface area contributed by atoms with Crippen molar-refractivity contribution in [2.45, 2.75) is 3.79 Å². The number of benzene rings is 1. The Morgan fingerprint density at radius 2 is 1.62 bits per heavy atom. The number of nitrogens with one attached hydrogen (secondary N) is 1. The summed E-state index contributed by atoms with van der Waals surface area (Å²) in [6, 6.07) is 2.55. The molecule has 2 N–H and O–H groups in total. The topological polar surface area (TPSA) is 49.3 Å². The van der Waals surface area contributed by atoms with Gasteiger partial charge in [-0.3, -0.25) is 4.79 Å². The Hall–Kier alpha value is -0.0600. The minimum Gasteiger partial charge on any atom is -0.505 e. The maximum atomic E-state index is 11.3. The molecule has 0 unspecified atom stereocenters. The Morgan fingerprint density at radius 1 is 1.19 bits per heavy atom. The lowest BCUT2D eigenvalue weighted by molar-refractivity contribution is -0.115. The number of halogens is 5. The van der Waals surface area contributed by atoms with Crippen molar-refractivity contribution in [1.82, 2.24) is 0 Å². The van der Waals surface area contributed by atoms with Gasteiger partial charge in [-0.15, -0.1) is 0 Å². The summed E-state index contributed by atoms with van der Waals surface area (Å²) < 4.78 is -2.09. The molecular weight excluding hydrogens is 319 g/mol. The molecule has 16 heavy (non-hydrogen) atoms. The predicted molar refractivity (Wildman–Crippen MR) is 67.0 cm³/mol. The lowest BCUT2D eigenvalue weighted by Crippen LogP contribution is -2.26. The number of rotatable bonds is 1. The van der Waals surface area contributed by atoms with Gasteiger partial charge in [0.1, 0.15) is 0 Å². The van der Waals surface area contributed by atoms with Crippen molar-refractivity contribution >= 4 is 69.6 Å². The van der Waals surface area contributed by atoms with E-state index in [2.05, 4.69) is 5.32 Å². The maximum absolute atomic E-state index is 11.3. The fraction of sp³-hybridized carbons (Fsp3) is 0.125. The molecule has 0 saturated heterocycles. The number of carbonyl (C=O) groups excluding carboxylic acids is 1. The molecule has 1 aromatic carbocycles. The predicted octanol–water partition coefficient (Wildman–Crippen LogP) is 4.01. The highest BCUT2D eigenvalue weighted by Gasteiger charge is 2.30. The zero-order valence-corrected chi connectivity index (χ0v) is 11.2. The average Bonchev–Trinajstić information content (AvgIpc) is 2.12. The van der Waals surface area contributed by atoms with Gasteiger partial charge in [0.25, 0.3) is 9.70 Å². The van der Waals surface area contributed by atoms with Crippen LogP contribution in [0.4, 0.5) is 5.69 Å². The summed E-state index contributed by atoms with van der Waals surface area (Å²) in [5.74, 6) is -1.13. The molecule has 0 spiro atoms. The van der Waals surface area contributed by atoms with Crippen LogP contribution >= 0.6 is 58.0 Å². The Balaban J connectivity index is 2.96. The van der Waals surface area contributed by atoms with Crippen LogP contribution in [0.1, 0.15) is 0 Å². The Kier molecular flexibility index (Phi) is 4.43. The minimum absolute atomic E-state index is 0.0212. The monoisotopic (exact) mass is 321 g/mol. The highest BCUT2D eigenvalue weighted by atomic mass is 35.6. The fourth-order valence-corrected chi connectivity index (χ4v) is 1.47. The first-order valence-corrected chi connectivity index (χ1v) is 5.67. The van der Waals surface area contributed by atoms with E-state index in [-0.39, 0.29) is 21.5 Å². The fourth-order valence-electron chi connectivity index (χ4n) is 0.840. The molecule has 0 saturated carbocycles. The van der Waals surface area contributed by atoms with Gasteiger partial charge in [0.15, 0.2) is 5.75 Å². The molecule has 0 aliphatic carbocycles. The quantitative estimate of drug-likeness (QED) is 0.606. The van der Waals surface area contributed by atoms with E-state index in [0.717, 1.165) is 0 Å². The Labute approximate surface area is 116 Å². The highest BCUT2D eigenvalue weighted by molar-refractivity contribution is 6.76. The number of anilines is 1. The lowest BCUT2D eigenvalue weighted by atomic mass is 10.3. The number of phenolic OH excluding ortho intramolecular Hbond substituents is 1. The van der Waals surface area contributed by atoms with E-state index in [0.29, 0.717) is 0 Å². The molecular formula is C8H4Cl5NO2. The maximum Gasteiger partial charge on any atom is 0.276 e. The van der Waals surface area contributed by atoms with Crippen LogP contribution in [0.3, 0.4) is 0 Å².